The SMILES string of the molecule is CC.Cc1ccc(C)c(C)c1.Cc1ccc(S)cc1C. The van der Waals surface area contributed by atoms with E-state index in [-0.39, 0.29) is 0 Å². The van der Waals surface area contributed by atoms with E-state index in [1.807, 2.05) is 19.9 Å². The summed E-state index contributed by atoms with van der Waals surface area (Å²) in [6.07, 6.45) is 0. The molecule has 0 aliphatic rings. The Morgan fingerprint density at radius 1 is 0.600 bits per heavy atom. The lowest BCUT2D eigenvalue weighted by molar-refractivity contribution is 1.28. The summed E-state index contributed by atoms with van der Waals surface area (Å²) in [7, 11) is 0. The fourth-order valence-corrected chi connectivity index (χ4v) is 1.89. The molecule has 0 fully saturated rings. The zero-order chi connectivity index (χ0) is 15.7. The Morgan fingerprint density at radius 3 is 1.40 bits per heavy atom. The summed E-state index contributed by atoms with van der Waals surface area (Å²) in [5, 5.41) is 0. The Labute approximate surface area is 130 Å². The zero-order valence-electron chi connectivity index (χ0n) is 13.9. The molecule has 0 N–H and O–H groups in total. The second-order valence-electron chi connectivity index (χ2n) is 4.86. The molecule has 0 unspecified atom stereocenters. The maximum atomic E-state index is 4.20. The molecule has 0 heterocycles. The van der Waals surface area contributed by atoms with Gasteiger partial charge in [-0.15, -0.1) is 12.6 Å². The fraction of sp³-hybridized carbons (Fsp3) is 0.368. The van der Waals surface area contributed by atoms with E-state index in [0.717, 1.165) is 4.90 Å². The lowest BCUT2D eigenvalue weighted by Crippen LogP contribution is -1.79. The number of hydrogen-bond donors (Lipinski definition) is 1. The Hall–Kier alpha value is -1.21. The van der Waals surface area contributed by atoms with Crippen molar-refractivity contribution in [3.05, 3.63) is 64.2 Å². The summed E-state index contributed by atoms with van der Waals surface area (Å²) in [6.45, 7) is 14.6. The van der Waals surface area contributed by atoms with E-state index in [1.165, 1.54) is 27.8 Å². The third kappa shape index (κ3) is 6.81. The third-order valence-electron chi connectivity index (χ3n) is 3.15. The van der Waals surface area contributed by atoms with Crippen LogP contribution in [0.2, 0.25) is 0 Å². The minimum Gasteiger partial charge on any atom is -0.143 e. The summed E-state index contributed by atoms with van der Waals surface area (Å²) >= 11 is 4.20. The molecule has 0 nitrogen and oxygen atoms in total. The topological polar surface area (TPSA) is 0 Å². The minimum atomic E-state index is 1.04. The molecule has 0 radical (unpaired) electrons. The summed E-state index contributed by atoms with van der Waals surface area (Å²) in [6, 6.07) is 12.7. The monoisotopic (exact) mass is 288 g/mol. The molecule has 0 aliphatic carbocycles. The van der Waals surface area contributed by atoms with Crippen LogP contribution < -0.4 is 0 Å². The highest BCUT2D eigenvalue weighted by molar-refractivity contribution is 7.80. The summed E-state index contributed by atoms with van der Waals surface area (Å²) in [4.78, 5) is 1.04. The van der Waals surface area contributed by atoms with Crippen LogP contribution in [0.3, 0.4) is 0 Å². The number of thiol groups is 1. The van der Waals surface area contributed by atoms with E-state index in [4.69, 9.17) is 0 Å². The number of aryl methyl sites for hydroxylation is 5. The Balaban J connectivity index is 0.000000321. The molecule has 0 spiro atoms. The Kier molecular flexibility index (Phi) is 9.07. The predicted molar refractivity (Wildman–Crippen MR) is 95.2 cm³/mol. The molecule has 2 rings (SSSR count). The molecule has 0 amide bonds. The van der Waals surface area contributed by atoms with E-state index in [0.29, 0.717) is 0 Å². The fourth-order valence-electron chi connectivity index (χ4n) is 1.62. The second kappa shape index (κ2) is 9.66. The van der Waals surface area contributed by atoms with Gasteiger partial charge in [0.15, 0.2) is 0 Å². The highest BCUT2D eigenvalue weighted by Gasteiger charge is 1.90. The first-order valence-corrected chi connectivity index (χ1v) is 7.65. The van der Waals surface area contributed by atoms with Crippen LogP contribution in [0.1, 0.15) is 41.7 Å². The lowest BCUT2D eigenvalue weighted by atomic mass is 10.1. The average Bonchev–Trinajstić information content (AvgIpc) is 2.42. The van der Waals surface area contributed by atoms with Gasteiger partial charge in [0.25, 0.3) is 0 Å². The van der Waals surface area contributed by atoms with Crippen molar-refractivity contribution in [2.45, 2.75) is 53.4 Å². The first-order chi connectivity index (χ1) is 9.40. The van der Waals surface area contributed by atoms with Gasteiger partial charge in [0.1, 0.15) is 0 Å². The van der Waals surface area contributed by atoms with Gasteiger partial charge in [0.05, 0.1) is 0 Å². The second-order valence-corrected chi connectivity index (χ2v) is 5.37. The highest BCUT2D eigenvalue weighted by atomic mass is 32.1. The van der Waals surface area contributed by atoms with Gasteiger partial charge in [-0.25, -0.2) is 0 Å². The predicted octanol–water partition coefficient (Wildman–Crippen LogP) is 6.23. The van der Waals surface area contributed by atoms with Crippen LogP contribution >= 0.6 is 12.6 Å². The maximum absolute atomic E-state index is 4.20. The van der Waals surface area contributed by atoms with Crippen molar-refractivity contribution in [1.29, 1.82) is 0 Å². The van der Waals surface area contributed by atoms with Gasteiger partial charge in [0, 0.05) is 4.90 Å². The Bertz CT molecular complexity index is 478. The number of benzene rings is 2. The highest BCUT2D eigenvalue weighted by Crippen LogP contribution is 2.11. The van der Waals surface area contributed by atoms with Crippen molar-refractivity contribution in [3.63, 3.8) is 0 Å². The molecule has 0 atom stereocenters. The molecular formula is C19H28S. The molecule has 20 heavy (non-hydrogen) atoms. The van der Waals surface area contributed by atoms with Crippen LogP contribution in [0.4, 0.5) is 0 Å². The quantitative estimate of drug-likeness (QED) is 0.546. The van der Waals surface area contributed by atoms with Gasteiger partial charge >= 0.3 is 0 Å². The van der Waals surface area contributed by atoms with Crippen molar-refractivity contribution >= 4 is 12.6 Å². The van der Waals surface area contributed by atoms with E-state index in [2.05, 4.69) is 77.6 Å². The van der Waals surface area contributed by atoms with Crippen molar-refractivity contribution in [2.24, 2.45) is 0 Å². The summed E-state index contributed by atoms with van der Waals surface area (Å²) < 4.78 is 0. The first-order valence-electron chi connectivity index (χ1n) is 7.20. The molecule has 2 aromatic rings. The van der Waals surface area contributed by atoms with Gasteiger partial charge in [-0.3, -0.25) is 0 Å². The smallest absolute Gasteiger partial charge is 0.00428 e. The van der Waals surface area contributed by atoms with Crippen molar-refractivity contribution in [1.82, 2.24) is 0 Å². The van der Waals surface area contributed by atoms with Gasteiger partial charge < -0.3 is 0 Å². The summed E-state index contributed by atoms with van der Waals surface area (Å²) in [5.41, 5.74) is 6.74. The maximum Gasteiger partial charge on any atom is 0.00428 e. The van der Waals surface area contributed by atoms with Gasteiger partial charge in [-0.05, 0) is 69.0 Å². The van der Waals surface area contributed by atoms with Crippen LogP contribution in [0, 0.1) is 34.6 Å². The molecule has 0 saturated carbocycles. The van der Waals surface area contributed by atoms with Crippen molar-refractivity contribution in [2.75, 3.05) is 0 Å². The van der Waals surface area contributed by atoms with Crippen LogP contribution in [-0.2, 0) is 0 Å². The molecule has 0 bridgehead atoms. The molecule has 0 aromatic heterocycles. The molecule has 110 valence electrons. The molecule has 0 saturated heterocycles. The van der Waals surface area contributed by atoms with Crippen LogP contribution in [-0.4, -0.2) is 0 Å². The largest absolute Gasteiger partial charge is 0.143 e. The van der Waals surface area contributed by atoms with Crippen LogP contribution in [0.15, 0.2) is 41.3 Å². The van der Waals surface area contributed by atoms with Gasteiger partial charge in [-0.1, -0.05) is 43.7 Å². The normalized spacial score (nSPS) is 9.00. The van der Waals surface area contributed by atoms with Crippen molar-refractivity contribution < 1.29 is 0 Å². The molecule has 2 aromatic carbocycles. The molecule has 1 heteroatoms. The van der Waals surface area contributed by atoms with Gasteiger partial charge in [-0.2, -0.15) is 0 Å². The van der Waals surface area contributed by atoms with E-state index in [1.54, 1.807) is 0 Å². The number of hydrogen-bond acceptors (Lipinski definition) is 1. The van der Waals surface area contributed by atoms with Gasteiger partial charge in [0.2, 0.25) is 0 Å². The standard InChI is InChI=1S/C9H12.C8H10S.C2H6/c1-7-4-5-8(2)9(3)6-7;1-6-3-4-8(9)5-7(6)2;1-2/h4-6H,1-3H3;3-5,9H,1-2H3;1-2H3. The lowest BCUT2D eigenvalue weighted by Gasteiger charge is -1.98. The first kappa shape index (κ1) is 18.8. The van der Waals surface area contributed by atoms with Crippen molar-refractivity contribution in [3.8, 4) is 0 Å². The average molecular weight is 289 g/mol. The van der Waals surface area contributed by atoms with Crippen LogP contribution in [0.5, 0.6) is 0 Å². The Morgan fingerprint density at radius 2 is 1.05 bits per heavy atom. The summed E-state index contributed by atoms with van der Waals surface area (Å²) in [5.74, 6) is 0. The van der Waals surface area contributed by atoms with Crippen LogP contribution in [0.25, 0.3) is 0 Å². The zero-order valence-corrected chi connectivity index (χ0v) is 14.8. The van der Waals surface area contributed by atoms with E-state index < -0.39 is 0 Å². The number of rotatable bonds is 0. The molecule has 0 aliphatic heterocycles. The molecular weight excluding hydrogens is 260 g/mol. The van der Waals surface area contributed by atoms with E-state index in [9.17, 15) is 0 Å². The minimum absolute atomic E-state index is 1.04. The third-order valence-corrected chi connectivity index (χ3v) is 3.43. The van der Waals surface area contributed by atoms with E-state index >= 15 is 0 Å².